The van der Waals surface area contributed by atoms with Crippen LogP contribution in [-0.2, 0) is 34.3 Å². The molecule has 0 amide bonds. The third kappa shape index (κ3) is 1.74. The zero-order valence-electron chi connectivity index (χ0n) is 12.8. The van der Waals surface area contributed by atoms with Crippen molar-refractivity contribution in [3.63, 3.8) is 0 Å². The Labute approximate surface area is 130 Å². The predicted octanol–water partition coefficient (Wildman–Crippen LogP) is 0.0199. The molecule has 0 aliphatic carbocycles. The zero-order chi connectivity index (χ0) is 16.9. The first-order valence-corrected chi connectivity index (χ1v) is 6.58. The Bertz CT molecular complexity index is 761. The summed E-state index contributed by atoms with van der Waals surface area (Å²) in [6.07, 6.45) is -1.39. The van der Waals surface area contributed by atoms with E-state index < -0.39 is 29.6 Å². The van der Waals surface area contributed by atoms with Crippen molar-refractivity contribution < 1.29 is 37.9 Å². The molecule has 9 nitrogen and oxygen atoms in total. The molecule has 2 aliphatic rings. The number of aryl methyl sites for hydroxylation is 1. The molecule has 0 N–H and O–H groups in total. The van der Waals surface area contributed by atoms with Gasteiger partial charge >= 0.3 is 11.9 Å². The van der Waals surface area contributed by atoms with Crippen LogP contribution in [0.2, 0.25) is 0 Å². The highest BCUT2D eigenvalue weighted by Gasteiger charge is 2.63. The van der Waals surface area contributed by atoms with Gasteiger partial charge in [-0.25, -0.2) is 9.59 Å². The van der Waals surface area contributed by atoms with E-state index >= 15 is 0 Å². The van der Waals surface area contributed by atoms with Gasteiger partial charge in [-0.1, -0.05) is 5.16 Å². The molecule has 0 aromatic carbocycles. The first-order chi connectivity index (χ1) is 10.9. The summed E-state index contributed by atoms with van der Waals surface area (Å²) in [5.74, 6) is -4.35. The maximum atomic E-state index is 12.5. The molecule has 2 atom stereocenters. The van der Waals surface area contributed by atoms with Crippen molar-refractivity contribution in [1.29, 1.82) is 0 Å². The highest BCUT2D eigenvalue weighted by atomic mass is 16.7. The van der Waals surface area contributed by atoms with Crippen LogP contribution in [0.5, 0.6) is 0 Å². The minimum absolute atomic E-state index is 0.124. The number of ether oxygens (including phenoxy) is 4. The molecule has 0 spiro atoms. The zero-order valence-corrected chi connectivity index (χ0v) is 12.8. The van der Waals surface area contributed by atoms with Crippen molar-refractivity contribution in [3.05, 3.63) is 28.2 Å². The smallest absolute Gasteiger partial charge is 0.340 e. The lowest BCUT2D eigenvalue weighted by Crippen LogP contribution is -2.42. The number of aromatic nitrogens is 1. The first-order valence-electron chi connectivity index (χ1n) is 6.58. The number of carbonyl (C=O) groups is 3. The molecule has 0 saturated heterocycles. The van der Waals surface area contributed by atoms with E-state index in [-0.39, 0.29) is 22.5 Å². The van der Waals surface area contributed by atoms with Crippen LogP contribution in [0.1, 0.15) is 21.8 Å². The second kappa shape index (κ2) is 5.00. The average molecular weight is 323 g/mol. The molecule has 1 aromatic heterocycles. The second-order valence-electron chi connectivity index (χ2n) is 4.93. The highest BCUT2D eigenvalue weighted by molar-refractivity contribution is 6.14. The third-order valence-electron chi connectivity index (χ3n) is 3.88. The van der Waals surface area contributed by atoms with E-state index in [0.29, 0.717) is 5.69 Å². The molecule has 0 saturated carbocycles. The Morgan fingerprint density at radius 1 is 1.17 bits per heavy atom. The van der Waals surface area contributed by atoms with Crippen LogP contribution in [0.4, 0.5) is 0 Å². The molecule has 2 bridgehead atoms. The molecular weight excluding hydrogens is 310 g/mol. The monoisotopic (exact) mass is 323 g/mol. The molecule has 0 fully saturated rings. The lowest BCUT2D eigenvalue weighted by atomic mass is 9.95. The van der Waals surface area contributed by atoms with Gasteiger partial charge in [0.1, 0.15) is 5.57 Å². The summed E-state index contributed by atoms with van der Waals surface area (Å²) < 4.78 is 25.5. The van der Waals surface area contributed by atoms with Gasteiger partial charge in [0.05, 0.1) is 31.1 Å². The van der Waals surface area contributed by atoms with Crippen molar-refractivity contribution in [1.82, 2.24) is 5.16 Å². The van der Waals surface area contributed by atoms with Crippen LogP contribution < -0.4 is 0 Å². The molecule has 2 aliphatic heterocycles. The molecule has 0 unspecified atom stereocenters. The summed E-state index contributed by atoms with van der Waals surface area (Å²) in [4.78, 5) is 36.9. The minimum atomic E-state index is -1.81. The number of hydrogen-bond donors (Lipinski definition) is 0. The SMILES string of the molecule is COC(=O)C1=C(C(=O)OC)[C@]2(OC)O[C@H]1C(=O)c1onc(C)c12. The summed E-state index contributed by atoms with van der Waals surface area (Å²) in [5.41, 5.74) is -0.0866. The van der Waals surface area contributed by atoms with Gasteiger partial charge in [-0.15, -0.1) is 0 Å². The maximum absolute atomic E-state index is 12.5. The maximum Gasteiger partial charge on any atom is 0.340 e. The highest BCUT2D eigenvalue weighted by Crippen LogP contribution is 2.51. The van der Waals surface area contributed by atoms with E-state index in [1.165, 1.54) is 7.11 Å². The van der Waals surface area contributed by atoms with Gasteiger partial charge in [0, 0.05) is 7.11 Å². The van der Waals surface area contributed by atoms with E-state index in [1.807, 2.05) is 0 Å². The number of fused-ring (bicyclic) bond motifs is 4. The molecule has 3 rings (SSSR count). The van der Waals surface area contributed by atoms with Crippen molar-refractivity contribution >= 4 is 17.7 Å². The van der Waals surface area contributed by atoms with Crippen LogP contribution in [-0.4, -0.2) is 50.3 Å². The summed E-state index contributed by atoms with van der Waals surface area (Å²) in [5, 5.41) is 3.72. The van der Waals surface area contributed by atoms with Crippen LogP contribution in [0.25, 0.3) is 0 Å². The normalized spacial score (nSPS) is 25.4. The fraction of sp³-hybridized carbons (Fsp3) is 0.429. The van der Waals surface area contributed by atoms with Gasteiger partial charge < -0.3 is 23.5 Å². The number of Topliss-reactive ketones (excluding diaryl/α,β-unsaturated/α-hetero) is 1. The van der Waals surface area contributed by atoms with Crippen molar-refractivity contribution in [3.8, 4) is 0 Å². The second-order valence-corrected chi connectivity index (χ2v) is 4.93. The van der Waals surface area contributed by atoms with Gasteiger partial charge in [-0.2, -0.15) is 0 Å². The number of rotatable bonds is 3. The topological polar surface area (TPSA) is 114 Å². The number of nitrogens with zero attached hydrogens (tertiary/aromatic N) is 1. The Morgan fingerprint density at radius 2 is 1.83 bits per heavy atom. The predicted molar refractivity (Wildman–Crippen MR) is 70.2 cm³/mol. The summed E-state index contributed by atoms with van der Waals surface area (Å²) >= 11 is 0. The van der Waals surface area contributed by atoms with Crippen LogP contribution >= 0.6 is 0 Å². The van der Waals surface area contributed by atoms with Crippen molar-refractivity contribution in [2.24, 2.45) is 0 Å². The van der Waals surface area contributed by atoms with E-state index in [2.05, 4.69) is 9.89 Å². The third-order valence-corrected chi connectivity index (χ3v) is 3.88. The molecule has 122 valence electrons. The molecular formula is C14H13NO8. The number of ketones is 1. The number of esters is 2. The molecule has 9 heteroatoms. The van der Waals surface area contributed by atoms with E-state index in [1.54, 1.807) is 6.92 Å². The van der Waals surface area contributed by atoms with Gasteiger partial charge in [-0.3, -0.25) is 4.79 Å². The van der Waals surface area contributed by atoms with E-state index in [0.717, 1.165) is 14.2 Å². The minimum Gasteiger partial charge on any atom is -0.466 e. The molecule has 23 heavy (non-hydrogen) atoms. The summed E-state index contributed by atoms with van der Waals surface area (Å²) in [7, 11) is 3.53. The molecule has 1 aromatic rings. The number of methoxy groups -OCH3 is 3. The van der Waals surface area contributed by atoms with Crippen LogP contribution in [0.3, 0.4) is 0 Å². The standard InChI is InChI=1S/C14H13NO8/c1-5-7-11(23-15-5)9(16)10-6(12(17)19-2)8(13(18)20-3)14(7,21-4)22-10/h10H,1-4H3/t10-,14-/m1/s1. The van der Waals surface area contributed by atoms with Crippen molar-refractivity contribution in [2.75, 3.05) is 21.3 Å². The van der Waals surface area contributed by atoms with Crippen LogP contribution in [0, 0.1) is 6.92 Å². The number of carbonyl (C=O) groups excluding carboxylic acids is 3. The Balaban J connectivity index is 2.38. The van der Waals surface area contributed by atoms with Gasteiger partial charge in [0.25, 0.3) is 0 Å². The quantitative estimate of drug-likeness (QED) is 0.710. The number of hydrogen-bond acceptors (Lipinski definition) is 9. The van der Waals surface area contributed by atoms with Gasteiger partial charge in [0.2, 0.25) is 17.3 Å². The first kappa shape index (κ1) is 15.4. The Kier molecular flexibility index (Phi) is 3.34. The van der Waals surface area contributed by atoms with Crippen molar-refractivity contribution in [2.45, 2.75) is 18.8 Å². The van der Waals surface area contributed by atoms with Crippen LogP contribution in [0.15, 0.2) is 15.7 Å². The van der Waals surface area contributed by atoms with E-state index in [9.17, 15) is 14.4 Å². The summed E-state index contributed by atoms with van der Waals surface area (Å²) in [6.45, 7) is 1.56. The molecule has 3 heterocycles. The van der Waals surface area contributed by atoms with E-state index in [4.69, 9.17) is 18.7 Å². The Morgan fingerprint density at radius 3 is 2.39 bits per heavy atom. The Hall–Kier alpha value is -2.52. The lowest BCUT2D eigenvalue weighted by molar-refractivity contribution is -0.208. The lowest BCUT2D eigenvalue weighted by Gasteiger charge is -2.32. The van der Waals surface area contributed by atoms with Gasteiger partial charge in [-0.05, 0) is 6.92 Å². The fourth-order valence-electron chi connectivity index (χ4n) is 2.92. The van der Waals surface area contributed by atoms with Gasteiger partial charge in [0.15, 0.2) is 6.10 Å². The fourth-order valence-corrected chi connectivity index (χ4v) is 2.92. The summed E-state index contributed by atoms with van der Waals surface area (Å²) in [6, 6.07) is 0. The average Bonchev–Trinajstić information content (AvgIpc) is 3.09. The largest absolute Gasteiger partial charge is 0.466 e. The molecule has 0 radical (unpaired) electrons.